The van der Waals surface area contributed by atoms with Gasteiger partial charge in [-0.25, -0.2) is 0 Å². The number of nitrogens with one attached hydrogen (secondary N) is 1. The van der Waals surface area contributed by atoms with E-state index in [0.29, 0.717) is 12.2 Å². The van der Waals surface area contributed by atoms with Crippen LogP contribution in [0.4, 0.5) is 0 Å². The van der Waals surface area contributed by atoms with Crippen molar-refractivity contribution in [3.8, 4) is 0 Å². The SMILES string of the molecule is CCC(CO)NC(=O)c1oc2c(ccc3ccccc32)c1C. The molecule has 0 fully saturated rings. The van der Waals surface area contributed by atoms with Gasteiger partial charge < -0.3 is 14.8 Å². The van der Waals surface area contributed by atoms with E-state index in [0.717, 1.165) is 27.3 Å². The molecular weight excluding hydrogens is 278 g/mol. The lowest BCUT2D eigenvalue weighted by Crippen LogP contribution is -2.37. The van der Waals surface area contributed by atoms with Crippen molar-refractivity contribution in [1.82, 2.24) is 5.32 Å². The lowest BCUT2D eigenvalue weighted by molar-refractivity contribution is 0.0888. The largest absolute Gasteiger partial charge is 0.450 e. The van der Waals surface area contributed by atoms with Crippen molar-refractivity contribution in [3.63, 3.8) is 0 Å². The Morgan fingerprint density at radius 2 is 2.00 bits per heavy atom. The van der Waals surface area contributed by atoms with Crippen LogP contribution in [0.5, 0.6) is 0 Å². The molecule has 0 spiro atoms. The van der Waals surface area contributed by atoms with Crippen molar-refractivity contribution in [2.75, 3.05) is 6.61 Å². The Bertz CT molecular complexity index is 831. The van der Waals surface area contributed by atoms with Gasteiger partial charge in [-0.15, -0.1) is 0 Å². The summed E-state index contributed by atoms with van der Waals surface area (Å²) >= 11 is 0. The van der Waals surface area contributed by atoms with Crippen molar-refractivity contribution >= 4 is 27.6 Å². The van der Waals surface area contributed by atoms with Crippen molar-refractivity contribution in [1.29, 1.82) is 0 Å². The van der Waals surface area contributed by atoms with Gasteiger partial charge in [0, 0.05) is 16.3 Å². The highest BCUT2D eigenvalue weighted by atomic mass is 16.3. The van der Waals surface area contributed by atoms with Crippen LogP contribution in [0.3, 0.4) is 0 Å². The van der Waals surface area contributed by atoms with Crippen molar-refractivity contribution in [2.45, 2.75) is 26.3 Å². The minimum absolute atomic E-state index is 0.0789. The predicted octanol–water partition coefficient (Wildman–Crippen LogP) is 3.40. The zero-order valence-corrected chi connectivity index (χ0v) is 12.7. The van der Waals surface area contributed by atoms with Crippen LogP contribution in [0.1, 0.15) is 29.5 Å². The second-order valence-electron chi connectivity index (χ2n) is 5.48. The number of aliphatic hydroxyl groups excluding tert-OH is 1. The Hall–Kier alpha value is -2.33. The number of amides is 1. The van der Waals surface area contributed by atoms with Crippen LogP contribution in [0.15, 0.2) is 40.8 Å². The smallest absolute Gasteiger partial charge is 0.287 e. The normalized spacial score (nSPS) is 12.7. The third kappa shape index (κ3) is 2.35. The molecule has 1 atom stereocenters. The molecular formula is C18H19NO3. The zero-order valence-electron chi connectivity index (χ0n) is 12.7. The lowest BCUT2D eigenvalue weighted by Gasteiger charge is -2.12. The summed E-state index contributed by atoms with van der Waals surface area (Å²) in [4.78, 5) is 12.4. The molecule has 0 aliphatic rings. The summed E-state index contributed by atoms with van der Waals surface area (Å²) in [5.41, 5.74) is 1.56. The summed E-state index contributed by atoms with van der Waals surface area (Å²) < 4.78 is 5.87. The molecule has 3 aromatic rings. The van der Waals surface area contributed by atoms with E-state index in [-0.39, 0.29) is 18.6 Å². The first-order valence-corrected chi connectivity index (χ1v) is 7.48. The maximum atomic E-state index is 12.4. The van der Waals surface area contributed by atoms with Crippen molar-refractivity contribution in [3.05, 3.63) is 47.7 Å². The average molecular weight is 297 g/mol. The maximum absolute atomic E-state index is 12.4. The monoisotopic (exact) mass is 297 g/mol. The first-order chi connectivity index (χ1) is 10.7. The third-order valence-electron chi connectivity index (χ3n) is 4.08. The first-order valence-electron chi connectivity index (χ1n) is 7.48. The molecule has 2 aromatic carbocycles. The van der Waals surface area contributed by atoms with Crippen LogP contribution < -0.4 is 5.32 Å². The molecule has 2 N–H and O–H groups in total. The highest BCUT2D eigenvalue weighted by Crippen LogP contribution is 2.31. The summed E-state index contributed by atoms with van der Waals surface area (Å²) in [5.74, 6) is 0.0388. The van der Waals surface area contributed by atoms with Crippen LogP contribution in [0, 0.1) is 6.92 Å². The van der Waals surface area contributed by atoms with E-state index in [1.165, 1.54) is 0 Å². The van der Waals surface area contributed by atoms with Gasteiger partial charge in [0.2, 0.25) is 0 Å². The molecule has 3 rings (SSSR count). The summed E-state index contributed by atoms with van der Waals surface area (Å²) in [6.07, 6.45) is 0.671. The molecule has 4 heteroatoms. The van der Waals surface area contributed by atoms with Crippen molar-refractivity contribution in [2.24, 2.45) is 0 Å². The van der Waals surface area contributed by atoms with Gasteiger partial charge in [-0.3, -0.25) is 4.79 Å². The average Bonchev–Trinajstić information content (AvgIpc) is 2.90. The van der Waals surface area contributed by atoms with Crippen LogP contribution >= 0.6 is 0 Å². The number of rotatable bonds is 4. The lowest BCUT2D eigenvalue weighted by atomic mass is 10.1. The van der Waals surface area contributed by atoms with Crippen LogP contribution in [-0.2, 0) is 0 Å². The number of fused-ring (bicyclic) bond motifs is 3. The number of aryl methyl sites for hydroxylation is 1. The van der Waals surface area contributed by atoms with Gasteiger partial charge in [-0.1, -0.05) is 43.3 Å². The highest BCUT2D eigenvalue weighted by molar-refractivity contribution is 6.08. The topological polar surface area (TPSA) is 62.5 Å². The molecule has 0 saturated heterocycles. The molecule has 1 amide bonds. The molecule has 1 aromatic heterocycles. The highest BCUT2D eigenvalue weighted by Gasteiger charge is 2.20. The summed E-state index contributed by atoms with van der Waals surface area (Å²) in [6.45, 7) is 3.72. The van der Waals surface area contributed by atoms with Crippen molar-refractivity contribution < 1.29 is 14.3 Å². The molecule has 1 heterocycles. The van der Waals surface area contributed by atoms with E-state index in [1.807, 2.05) is 50.2 Å². The molecule has 0 saturated carbocycles. The van der Waals surface area contributed by atoms with E-state index in [4.69, 9.17) is 4.42 Å². The second-order valence-corrected chi connectivity index (χ2v) is 5.48. The fourth-order valence-corrected chi connectivity index (χ4v) is 2.69. The number of furan rings is 1. The van der Waals surface area contributed by atoms with Crippen LogP contribution in [0.2, 0.25) is 0 Å². The molecule has 0 aliphatic heterocycles. The van der Waals surface area contributed by atoms with Gasteiger partial charge in [0.05, 0.1) is 12.6 Å². The van der Waals surface area contributed by atoms with E-state index >= 15 is 0 Å². The third-order valence-corrected chi connectivity index (χ3v) is 4.08. The fraction of sp³-hybridized carbons (Fsp3) is 0.278. The Morgan fingerprint density at radius 1 is 1.23 bits per heavy atom. The standard InChI is InChI=1S/C18H19NO3/c1-3-13(10-20)19-18(21)16-11(2)14-9-8-12-6-4-5-7-15(12)17(14)22-16/h4-9,13,20H,3,10H2,1-2H3,(H,19,21). The number of aliphatic hydroxyl groups is 1. The second kappa shape index (κ2) is 5.81. The number of benzene rings is 2. The van der Waals surface area contributed by atoms with Gasteiger partial charge >= 0.3 is 0 Å². The van der Waals surface area contributed by atoms with Gasteiger partial charge in [0.15, 0.2) is 5.76 Å². The van der Waals surface area contributed by atoms with E-state index in [1.54, 1.807) is 0 Å². The van der Waals surface area contributed by atoms with Gasteiger partial charge in [-0.2, -0.15) is 0 Å². The quantitative estimate of drug-likeness (QED) is 0.776. The zero-order chi connectivity index (χ0) is 15.7. The molecule has 0 radical (unpaired) electrons. The summed E-state index contributed by atoms with van der Waals surface area (Å²) in [5, 5.41) is 15.0. The molecule has 22 heavy (non-hydrogen) atoms. The minimum Gasteiger partial charge on any atom is -0.450 e. The fourth-order valence-electron chi connectivity index (χ4n) is 2.69. The number of carbonyl (C=O) groups excluding carboxylic acids is 1. The molecule has 114 valence electrons. The first kappa shape index (κ1) is 14.6. The summed E-state index contributed by atoms with van der Waals surface area (Å²) in [7, 11) is 0. The molecule has 0 aliphatic carbocycles. The number of hydrogen-bond donors (Lipinski definition) is 2. The van der Waals surface area contributed by atoms with E-state index in [2.05, 4.69) is 5.32 Å². The Morgan fingerprint density at radius 3 is 2.73 bits per heavy atom. The molecule has 0 bridgehead atoms. The van der Waals surface area contributed by atoms with Crippen LogP contribution in [0.25, 0.3) is 21.7 Å². The van der Waals surface area contributed by atoms with Gasteiger partial charge in [0.25, 0.3) is 5.91 Å². The number of hydrogen-bond acceptors (Lipinski definition) is 3. The van der Waals surface area contributed by atoms with E-state index < -0.39 is 0 Å². The van der Waals surface area contributed by atoms with E-state index in [9.17, 15) is 9.90 Å². The Kier molecular flexibility index (Phi) is 3.86. The Labute approximate surface area is 128 Å². The predicted molar refractivity (Wildman–Crippen MR) is 87.1 cm³/mol. The maximum Gasteiger partial charge on any atom is 0.287 e. The molecule has 4 nitrogen and oxygen atoms in total. The van der Waals surface area contributed by atoms with Gasteiger partial charge in [-0.05, 0) is 18.7 Å². The summed E-state index contributed by atoms with van der Waals surface area (Å²) in [6, 6.07) is 11.7. The van der Waals surface area contributed by atoms with Gasteiger partial charge in [0.1, 0.15) is 5.58 Å². The number of carbonyl (C=O) groups is 1. The van der Waals surface area contributed by atoms with Crippen LogP contribution in [-0.4, -0.2) is 23.7 Å². The minimum atomic E-state index is -0.279. The molecule has 1 unspecified atom stereocenters. The Balaban J connectivity index is 2.09.